The third-order valence-corrected chi connectivity index (χ3v) is 4.91. The molecule has 0 aliphatic carbocycles. The van der Waals surface area contributed by atoms with Crippen molar-refractivity contribution < 1.29 is 9.32 Å². The van der Waals surface area contributed by atoms with Crippen LogP contribution < -0.4 is 5.32 Å². The second-order valence-corrected chi connectivity index (χ2v) is 7.82. The highest BCUT2D eigenvalue weighted by Gasteiger charge is 2.36. The number of fused-ring (bicyclic) bond motifs is 1. The summed E-state index contributed by atoms with van der Waals surface area (Å²) in [5.41, 5.74) is -0.127. The van der Waals surface area contributed by atoms with Gasteiger partial charge in [0, 0.05) is 36.9 Å². The highest BCUT2D eigenvalue weighted by molar-refractivity contribution is 5.76. The Kier molecular flexibility index (Phi) is 4.71. The number of nitrogens with one attached hydrogen (secondary N) is 1. The van der Waals surface area contributed by atoms with Gasteiger partial charge < -0.3 is 9.84 Å². The number of carbonyl (C=O) groups is 1. The van der Waals surface area contributed by atoms with Crippen LogP contribution in [0.3, 0.4) is 0 Å². The summed E-state index contributed by atoms with van der Waals surface area (Å²) in [4.78, 5) is 19.1. The van der Waals surface area contributed by atoms with E-state index in [1.165, 1.54) is 25.8 Å². The van der Waals surface area contributed by atoms with Gasteiger partial charge in [0.25, 0.3) is 0 Å². The first-order valence-corrected chi connectivity index (χ1v) is 8.80. The minimum atomic E-state index is -0.127. The molecule has 0 spiro atoms. The fourth-order valence-corrected chi connectivity index (χ4v) is 3.58. The van der Waals surface area contributed by atoms with Crippen LogP contribution in [0.5, 0.6) is 0 Å². The number of nitrogens with zero attached hydrogens (tertiary/aromatic N) is 3. The van der Waals surface area contributed by atoms with E-state index in [1.54, 1.807) is 0 Å². The summed E-state index contributed by atoms with van der Waals surface area (Å²) in [6, 6.07) is 0.860. The number of hydrogen-bond donors (Lipinski definition) is 1. The molecule has 2 aliphatic rings. The largest absolute Gasteiger partial charge is 0.352 e. The Bertz CT molecular complexity index is 549. The van der Waals surface area contributed by atoms with Gasteiger partial charge in [-0.25, -0.2) is 0 Å². The molecule has 6 nitrogen and oxygen atoms in total. The Labute approximate surface area is 138 Å². The molecule has 6 heteroatoms. The van der Waals surface area contributed by atoms with Crippen LogP contribution in [0.15, 0.2) is 4.52 Å². The van der Waals surface area contributed by atoms with E-state index < -0.39 is 0 Å². The highest BCUT2D eigenvalue weighted by atomic mass is 16.5. The number of piperidine rings is 1. The average molecular weight is 320 g/mol. The number of rotatable bonds is 4. The van der Waals surface area contributed by atoms with E-state index >= 15 is 0 Å². The van der Waals surface area contributed by atoms with Gasteiger partial charge in [-0.2, -0.15) is 4.98 Å². The molecule has 2 saturated heterocycles. The van der Waals surface area contributed by atoms with E-state index in [4.69, 9.17) is 4.52 Å². The van der Waals surface area contributed by atoms with Crippen molar-refractivity contribution in [3.05, 3.63) is 11.7 Å². The first kappa shape index (κ1) is 16.4. The summed E-state index contributed by atoms with van der Waals surface area (Å²) in [5, 5.41) is 7.21. The zero-order valence-electron chi connectivity index (χ0n) is 14.5. The van der Waals surface area contributed by atoms with Crippen LogP contribution in [0.1, 0.15) is 64.6 Å². The van der Waals surface area contributed by atoms with Crippen LogP contribution in [0, 0.1) is 0 Å². The summed E-state index contributed by atoms with van der Waals surface area (Å²) in [6.45, 7) is 8.45. The minimum Gasteiger partial charge on any atom is -0.352 e. The van der Waals surface area contributed by atoms with Gasteiger partial charge in [-0.3, -0.25) is 9.69 Å². The maximum Gasteiger partial charge on any atom is 0.227 e. The van der Waals surface area contributed by atoms with Gasteiger partial charge in [0.15, 0.2) is 5.82 Å². The van der Waals surface area contributed by atoms with Crippen LogP contribution in [0.25, 0.3) is 0 Å². The maximum atomic E-state index is 12.2. The lowest BCUT2D eigenvalue weighted by molar-refractivity contribution is -0.122. The molecular formula is C17H28N4O2. The Balaban J connectivity index is 1.47. The van der Waals surface area contributed by atoms with E-state index in [0.717, 1.165) is 13.0 Å². The molecule has 1 N–H and O–H groups in total. The van der Waals surface area contributed by atoms with Crippen molar-refractivity contribution in [2.24, 2.45) is 0 Å². The smallest absolute Gasteiger partial charge is 0.227 e. The normalized spacial score (nSPS) is 25.3. The zero-order valence-corrected chi connectivity index (χ0v) is 14.5. The van der Waals surface area contributed by atoms with Gasteiger partial charge in [-0.15, -0.1) is 0 Å². The summed E-state index contributed by atoms with van der Waals surface area (Å²) < 4.78 is 5.25. The number of aromatic nitrogens is 2. The number of aryl methyl sites for hydroxylation is 1. The van der Waals surface area contributed by atoms with Gasteiger partial charge in [0.2, 0.25) is 11.8 Å². The lowest BCUT2D eigenvalue weighted by Gasteiger charge is -2.32. The molecule has 2 atom stereocenters. The van der Waals surface area contributed by atoms with Crippen molar-refractivity contribution in [1.82, 2.24) is 20.4 Å². The summed E-state index contributed by atoms with van der Waals surface area (Å²) in [5.74, 6) is 1.34. The summed E-state index contributed by atoms with van der Waals surface area (Å²) >= 11 is 0. The average Bonchev–Trinajstić information content (AvgIpc) is 3.12. The van der Waals surface area contributed by atoms with Crippen LogP contribution in [-0.4, -0.2) is 46.1 Å². The Morgan fingerprint density at radius 1 is 1.30 bits per heavy atom. The fourth-order valence-electron chi connectivity index (χ4n) is 3.58. The van der Waals surface area contributed by atoms with Crippen molar-refractivity contribution >= 4 is 5.91 Å². The zero-order chi connectivity index (χ0) is 16.4. The molecule has 0 saturated carbocycles. The molecular weight excluding hydrogens is 292 g/mol. The fraction of sp³-hybridized carbons (Fsp3) is 0.824. The van der Waals surface area contributed by atoms with Crippen molar-refractivity contribution in [2.45, 2.75) is 76.8 Å². The van der Waals surface area contributed by atoms with Crippen LogP contribution in [0.4, 0.5) is 0 Å². The first-order chi connectivity index (χ1) is 10.9. The molecule has 1 aromatic heterocycles. The van der Waals surface area contributed by atoms with E-state index in [2.05, 4.69) is 20.4 Å². The number of hydrogen-bond acceptors (Lipinski definition) is 5. The van der Waals surface area contributed by atoms with Gasteiger partial charge in [0.1, 0.15) is 0 Å². The first-order valence-electron chi connectivity index (χ1n) is 8.80. The molecule has 0 unspecified atom stereocenters. The topological polar surface area (TPSA) is 71.3 Å². The van der Waals surface area contributed by atoms with Gasteiger partial charge in [0.05, 0.1) is 0 Å². The molecule has 0 radical (unpaired) electrons. The number of amides is 1. The molecule has 3 heterocycles. The second-order valence-electron chi connectivity index (χ2n) is 7.82. The van der Waals surface area contributed by atoms with E-state index in [1.807, 2.05) is 20.8 Å². The van der Waals surface area contributed by atoms with E-state index in [9.17, 15) is 4.79 Å². The molecule has 23 heavy (non-hydrogen) atoms. The van der Waals surface area contributed by atoms with Crippen molar-refractivity contribution in [1.29, 1.82) is 0 Å². The molecule has 0 bridgehead atoms. The van der Waals surface area contributed by atoms with Crippen molar-refractivity contribution in [3.63, 3.8) is 0 Å². The van der Waals surface area contributed by atoms with Gasteiger partial charge >= 0.3 is 0 Å². The van der Waals surface area contributed by atoms with Crippen LogP contribution in [-0.2, 0) is 16.6 Å². The van der Waals surface area contributed by atoms with E-state index in [0.29, 0.717) is 36.6 Å². The molecule has 1 amide bonds. The van der Waals surface area contributed by atoms with E-state index in [-0.39, 0.29) is 11.3 Å². The standard InChI is InChI=1S/C17H28N4O2/c1-17(2,3)16-19-15(23-20-16)8-7-14(22)18-12-9-11-21-10-5-4-6-13(12)21/h12-13H,4-11H2,1-3H3,(H,18,22)/t12-,13-/m0/s1. The summed E-state index contributed by atoms with van der Waals surface area (Å²) in [7, 11) is 0. The number of carbonyl (C=O) groups excluding carboxylic acids is 1. The molecule has 2 aliphatic heterocycles. The predicted molar refractivity (Wildman–Crippen MR) is 87.1 cm³/mol. The van der Waals surface area contributed by atoms with Crippen molar-refractivity contribution in [2.75, 3.05) is 13.1 Å². The monoisotopic (exact) mass is 320 g/mol. The highest BCUT2D eigenvalue weighted by Crippen LogP contribution is 2.27. The second kappa shape index (κ2) is 6.59. The minimum absolute atomic E-state index is 0.0953. The SMILES string of the molecule is CC(C)(C)c1noc(CCC(=O)N[C@H]2CCN3CCCC[C@@H]23)n1. The predicted octanol–water partition coefficient (Wildman–Crippen LogP) is 2.04. The Morgan fingerprint density at radius 2 is 2.13 bits per heavy atom. The molecule has 2 fully saturated rings. The van der Waals surface area contributed by atoms with Gasteiger partial charge in [-0.05, 0) is 25.8 Å². The molecule has 3 rings (SSSR count). The Morgan fingerprint density at radius 3 is 2.87 bits per heavy atom. The third-order valence-electron chi connectivity index (χ3n) is 4.91. The van der Waals surface area contributed by atoms with Crippen molar-refractivity contribution in [3.8, 4) is 0 Å². The molecule has 128 valence electrons. The lowest BCUT2D eigenvalue weighted by atomic mass is 9.96. The molecule has 0 aromatic carbocycles. The Hall–Kier alpha value is -1.43. The lowest BCUT2D eigenvalue weighted by Crippen LogP contribution is -2.46. The maximum absolute atomic E-state index is 12.2. The molecule has 1 aromatic rings. The van der Waals surface area contributed by atoms with Crippen LogP contribution >= 0.6 is 0 Å². The van der Waals surface area contributed by atoms with Crippen LogP contribution in [0.2, 0.25) is 0 Å². The van der Waals surface area contributed by atoms with Gasteiger partial charge in [-0.1, -0.05) is 32.3 Å². The third kappa shape index (κ3) is 3.91. The quantitative estimate of drug-likeness (QED) is 0.919. The summed E-state index contributed by atoms with van der Waals surface area (Å²) in [6.07, 6.45) is 5.79.